The van der Waals surface area contributed by atoms with Crippen LogP contribution in [0, 0.1) is 0 Å². The lowest BCUT2D eigenvalue weighted by atomic mass is 9.97. The van der Waals surface area contributed by atoms with Crippen LogP contribution in [0.25, 0.3) is 0 Å². The van der Waals surface area contributed by atoms with Gasteiger partial charge in [0.15, 0.2) is 18.4 Å². The third kappa shape index (κ3) is 5.24. The predicted octanol–water partition coefficient (Wildman–Crippen LogP) is -1.37. The van der Waals surface area contributed by atoms with Gasteiger partial charge in [-0.2, -0.15) is 0 Å². The van der Waals surface area contributed by atoms with Crippen LogP contribution in [0.5, 0.6) is 0 Å². The molecule has 11 nitrogen and oxygen atoms in total. The van der Waals surface area contributed by atoms with E-state index in [4.69, 9.17) is 28.4 Å². The summed E-state index contributed by atoms with van der Waals surface area (Å²) in [7, 11) is 0. The van der Waals surface area contributed by atoms with E-state index in [1.165, 1.54) is 0 Å². The van der Waals surface area contributed by atoms with Gasteiger partial charge in [-0.25, -0.2) is 0 Å². The van der Waals surface area contributed by atoms with E-state index in [1.807, 2.05) is 30.3 Å². The highest BCUT2D eigenvalue weighted by atomic mass is 16.8. The van der Waals surface area contributed by atoms with Gasteiger partial charge in [-0.1, -0.05) is 30.3 Å². The number of ether oxygens (including phenoxy) is 6. The van der Waals surface area contributed by atoms with Crippen LogP contribution in [0.3, 0.4) is 0 Å². The zero-order valence-corrected chi connectivity index (χ0v) is 18.5. The van der Waals surface area contributed by atoms with Crippen molar-refractivity contribution in [2.24, 2.45) is 0 Å². The van der Waals surface area contributed by atoms with Gasteiger partial charge in [-0.3, -0.25) is 0 Å². The van der Waals surface area contributed by atoms with Crippen LogP contribution in [-0.4, -0.2) is 106 Å². The van der Waals surface area contributed by atoms with Crippen molar-refractivity contribution in [2.45, 2.75) is 87.7 Å². The van der Waals surface area contributed by atoms with Gasteiger partial charge in [-0.15, -0.1) is 0 Å². The summed E-state index contributed by atoms with van der Waals surface area (Å²) in [5.74, 6) is -0.997. The van der Waals surface area contributed by atoms with E-state index in [-0.39, 0.29) is 6.61 Å². The van der Waals surface area contributed by atoms with Crippen molar-refractivity contribution in [3.05, 3.63) is 35.9 Å². The molecular weight excluding hydrogens is 440 g/mol. The van der Waals surface area contributed by atoms with Crippen LogP contribution in [0.1, 0.15) is 19.4 Å². The zero-order valence-electron chi connectivity index (χ0n) is 18.5. The lowest BCUT2D eigenvalue weighted by Gasteiger charge is -2.45. The first kappa shape index (κ1) is 24.9. The molecule has 3 saturated heterocycles. The SMILES string of the molecule is CC1(C)O[C@@H]2[C@@H](O1)[C@@H](O)[C@H](O[C@@H]1[C@@H](O)[C@H](O)[C@@H](OCc3ccccc3)O[C@H]1CO)O[C@H]2CO. The molecule has 3 aliphatic heterocycles. The Balaban J connectivity index is 1.43. The second-order valence-corrected chi connectivity index (χ2v) is 8.88. The van der Waals surface area contributed by atoms with E-state index in [9.17, 15) is 25.5 Å². The highest BCUT2D eigenvalue weighted by Gasteiger charge is 2.56. The molecule has 3 fully saturated rings. The molecule has 10 atom stereocenters. The quantitative estimate of drug-likeness (QED) is 0.319. The fourth-order valence-electron chi connectivity index (χ4n) is 4.38. The number of fused-ring (bicyclic) bond motifs is 1. The molecule has 0 aromatic heterocycles. The van der Waals surface area contributed by atoms with Crippen LogP contribution in [-0.2, 0) is 35.0 Å². The fourth-order valence-corrected chi connectivity index (χ4v) is 4.38. The van der Waals surface area contributed by atoms with Crippen LogP contribution in [0.15, 0.2) is 30.3 Å². The van der Waals surface area contributed by atoms with Gasteiger partial charge < -0.3 is 54.0 Å². The summed E-state index contributed by atoms with van der Waals surface area (Å²) in [6.07, 6.45) is -11.6. The molecule has 4 rings (SSSR count). The molecule has 0 radical (unpaired) electrons. The number of hydrogen-bond donors (Lipinski definition) is 5. The Bertz CT molecular complexity index is 760. The second kappa shape index (κ2) is 10.2. The first-order valence-electron chi connectivity index (χ1n) is 11.0. The van der Waals surface area contributed by atoms with Crippen molar-refractivity contribution in [1.29, 1.82) is 0 Å². The molecule has 1 aromatic carbocycles. The van der Waals surface area contributed by atoms with Crippen molar-refractivity contribution >= 4 is 0 Å². The lowest BCUT2D eigenvalue weighted by molar-refractivity contribution is -0.354. The van der Waals surface area contributed by atoms with Crippen molar-refractivity contribution in [3.8, 4) is 0 Å². The van der Waals surface area contributed by atoms with E-state index >= 15 is 0 Å². The maximum absolute atomic E-state index is 10.8. The molecule has 0 unspecified atom stereocenters. The minimum absolute atomic E-state index is 0.123. The molecule has 3 heterocycles. The minimum atomic E-state index is -1.52. The highest BCUT2D eigenvalue weighted by molar-refractivity contribution is 5.13. The fraction of sp³-hybridized carbons (Fsp3) is 0.727. The van der Waals surface area contributed by atoms with Gasteiger partial charge in [0.2, 0.25) is 0 Å². The average Bonchev–Trinajstić information content (AvgIpc) is 3.14. The van der Waals surface area contributed by atoms with Gasteiger partial charge in [0.1, 0.15) is 48.8 Å². The van der Waals surface area contributed by atoms with Crippen LogP contribution < -0.4 is 0 Å². The maximum Gasteiger partial charge on any atom is 0.187 e. The van der Waals surface area contributed by atoms with E-state index in [1.54, 1.807) is 13.8 Å². The van der Waals surface area contributed by atoms with Crippen molar-refractivity contribution in [3.63, 3.8) is 0 Å². The first-order valence-corrected chi connectivity index (χ1v) is 11.0. The van der Waals surface area contributed by atoms with Gasteiger partial charge in [-0.05, 0) is 19.4 Å². The standard InChI is InChI=1S/C22H32O11/c1-22(2)32-18-13(9-24)30-21(16(27)19(18)33-22)31-17-12(8-23)29-20(15(26)14(17)25)28-10-11-6-4-3-5-7-11/h3-7,12-21,23-27H,8-10H2,1-2H3/t12-,13-,14-,15-,16+,17-,18-,19-,20-,21-/m0/s1. The van der Waals surface area contributed by atoms with Crippen molar-refractivity contribution in [2.75, 3.05) is 13.2 Å². The summed E-state index contributed by atoms with van der Waals surface area (Å²) in [5, 5.41) is 51.6. The molecule has 5 N–H and O–H groups in total. The Labute approximate surface area is 191 Å². The highest BCUT2D eigenvalue weighted by Crippen LogP contribution is 2.38. The molecule has 0 saturated carbocycles. The Kier molecular flexibility index (Phi) is 7.68. The first-order chi connectivity index (χ1) is 15.7. The average molecular weight is 472 g/mol. The zero-order chi connectivity index (χ0) is 23.8. The van der Waals surface area contributed by atoms with Gasteiger partial charge >= 0.3 is 0 Å². The largest absolute Gasteiger partial charge is 0.394 e. The molecule has 186 valence electrons. The number of aliphatic hydroxyl groups excluding tert-OH is 5. The topological polar surface area (TPSA) is 157 Å². The molecule has 3 aliphatic rings. The molecular formula is C22H32O11. The van der Waals surface area contributed by atoms with Crippen LogP contribution in [0.2, 0.25) is 0 Å². The normalized spacial score (nSPS) is 42.8. The summed E-state index contributed by atoms with van der Waals surface area (Å²) >= 11 is 0. The predicted molar refractivity (Wildman–Crippen MR) is 109 cm³/mol. The summed E-state index contributed by atoms with van der Waals surface area (Å²) in [6, 6.07) is 9.21. The van der Waals surface area contributed by atoms with E-state index in [2.05, 4.69) is 0 Å². The third-order valence-electron chi connectivity index (χ3n) is 6.00. The van der Waals surface area contributed by atoms with Crippen molar-refractivity contribution < 1.29 is 54.0 Å². The number of rotatable bonds is 7. The summed E-state index contributed by atoms with van der Waals surface area (Å²) < 4.78 is 34.2. The summed E-state index contributed by atoms with van der Waals surface area (Å²) in [6.45, 7) is 2.50. The summed E-state index contributed by atoms with van der Waals surface area (Å²) in [5.41, 5.74) is 0.840. The Morgan fingerprint density at radius 3 is 2.12 bits per heavy atom. The molecule has 0 amide bonds. The smallest absolute Gasteiger partial charge is 0.187 e. The van der Waals surface area contributed by atoms with Gasteiger partial charge in [0.05, 0.1) is 19.8 Å². The van der Waals surface area contributed by atoms with Crippen molar-refractivity contribution in [1.82, 2.24) is 0 Å². The Hall–Kier alpha value is -1.22. The van der Waals surface area contributed by atoms with E-state index in [0.717, 1.165) is 5.56 Å². The molecule has 0 aliphatic carbocycles. The minimum Gasteiger partial charge on any atom is -0.394 e. The number of benzene rings is 1. The molecule has 11 heteroatoms. The van der Waals surface area contributed by atoms with Crippen LogP contribution in [0.4, 0.5) is 0 Å². The van der Waals surface area contributed by atoms with Crippen LogP contribution >= 0.6 is 0 Å². The molecule has 33 heavy (non-hydrogen) atoms. The lowest BCUT2D eigenvalue weighted by Crippen LogP contribution is -2.64. The number of aliphatic hydroxyl groups is 5. The maximum atomic E-state index is 10.8. The summed E-state index contributed by atoms with van der Waals surface area (Å²) in [4.78, 5) is 0. The van der Waals surface area contributed by atoms with Gasteiger partial charge in [0.25, 0.3) is 0 Å². The molecule has 0 spiro atoms. The Morgan fingerprint density at radius 2 is 1.45 bits per heavy atom. The molecule has 0 bridgehead atoms. The third-order valence-corrected chi connectivity index (χ3v) is 6.00. The number of hydrogen-bond acceptors (Lipinski definition) is 11. The second-order valence-electron chi connectivity index (χ2n) is 8.88. The van der Waals surface area contributed by atoms with E-state index in [0.29, 0.717) is 0 Å². The Morgan fingerprint density at radius 1 is 0.818 bits per heavy atom. The van der Waals surface area contributed by atoms with Gasteiger partial charge in [0, 0.05) is 0 Å². The van der Waals surface area contributed by atoms with E-state index < -0.39 is 80.4 Å². The monoisotopic (exact) mass is 472 g/mol. The molecule has 1 aromatic rings.